The van der Waals surface area contributed by atoms with E-state index < -0.39 is 6.04 Å². The van der Waals surface area contributed by atoms with Gasteiger partial charge in [0.2, 0.25) is 5.91 Å². The van der Waals surface area contributed by atoms with Crippen LogP contribution in [0.1, 0.15) is 19.2 Å². The summed E-state index contributed by atoms with van der Waals surface area (Å²) in [4.78, 5) is 16.0. The largest absolute Gasteiger partial charge is 0.325 e. The van der Waals surface area contributed by atoms with Crippen LogP contribution in [0.4, 0.5) is 5.69 Å². The molecule has 0 saturated heterocycles. The van der Waals surface area contributed by atoms with Gasteiger partial charge in [-0.15, -0.1) is 0 Å². The highest BCUT2D eigenvalue weighted by molar-refractivity contribution is 5.95. The van der Waals surface area contributed by atoms with Crippen LogP contribution in [0.25, 0.3) is 11.4 Å². The van der Waals surface area contributed by atoms with Crippen molar-refractivity contribution in [2.24, 2.45) is 5.73 Å². The zero-order chi connectivity index (χ0) is 13.8. The zero-order valence-corrected chi connectivity index (χ0v) is 11.0. The van der Waals surface area contributed by atoms with E-state index in [0.717, 1.165) is 11.4 Å². The van der Waals surface area contributed by atoms with Gasteiger partial charge in [0.15, 0.2) is 5.82 Å². The minimum absolute atomic E-state index is 0.189. The molecule has 1 aromatic heterocycles. The Morgan fingerprint density at radius 3 is 2.95 bits per heavy atom. The maximum Gasteiger partial charge on any atom is 0.241 e. The standard InChI is InChI=1S/C13H17N5O/c1-3-11(14)13(19)16-10-6-4-5-9(7-10)12-15-8(2)17-18-12/h4-7,11H,3,14H2,1-2H3,(H,16,19)(H,15,17,18)/t11-/m1/s1. The Kier molecular flexibility index (Phi) is 3.91. The number of nitrogens with two attached hydrogens (primary N) is 1. The minimum Gasteiger partial charge on any atom is -0.325 e. The van der Waals surface area contributed by atoms with Crippen molar-refractivity contribution in [2.75, 3.05) is 5.32 Å². The predicted molar refractivity (Wildman–Crippen MR) is 73.5 cm³/mol. The molecule has 4 N–H and O–H groups in total. The maximum atomic E-state index is 11.7. The van der Waals surface area contributed by atoms with E-state index in [1.54, 1.807) is 0 Å². The van der Waals surface area contributed by atoms with Crippen LogP contribution in [0.2, 0.25) is 0 Å². The van der Waals surface area contributed by atoms with Crippen molar-refractivity contribution in [1.82, 2.24) is 15.2 Å². The SMILES string of the molecule is CC[C@@H](N)C(=O)Nc1cccc(-c2n[nH]c(C)n2)c1. The molecule has 0 fully saturated rings. The summed E-state index contributed by atoms with van der Waals surface area (Å²) in [5, 5.41) is 9.65. The molecular formula is C13H17N5O. The van der Waals surface area contributed by atoms with Crippen LogP contribution < -0.4 is 11.1 Å². The van der Waals surface area contributed by atoms with E-state index in [1.165, 1.54) is 0 Å². The summed E-state index contributed by atoms with van der Waals surface area (Å²) in [5.74, 6) is 1.16. The maximum absolute atomic E-state index is 11.7. The number of carbonyl (C=O) groups excluding carboxylic acids is 1. The lowest BCUT2D eigenvalue weighted by atomic mass is 10.1. The van der Waals surface area contributed by atoms with Crippen molar-refractivity contribution < 1.29 is 4.79 Å². The first kappa shape index (κ1) is 13.2. The zero-order valence-electron chi connectivity index (χ0n) is 11.0. The summed E-state index contributed by atoms with van der Waals surface area (Å²) in [5.41, 5.74) is 7.20. The highest BCUT2D eigenvalue weighted by atomic mass is 16.2. The number of aryl methyl sites for hydroxylation is 1. The Morgan fingerprint density at radius 2 is 2.32 bits per heavy atom. The molecule has 2 rings (SSSR count). The van der Waals surface area contributed by atoms with Crippen molar-refractivity contribution >= 4 is 11.6 Å². The first-order valence-corrected chi connectivity index (χ1v) is 6.16. The fourth-order valence-corrected chi connectivity index (χ4v) is 1.63. The van der Waals surface area contributed by atoms with Crippen LogP contribution in [0.5, 0.6) is 0 Å². The predicted octanol–water partition coefficient (Wildman–Crippen LogP) is 1.46. The number of aromatic nitrogens is 3. The third-order valence-corrected chi connectivity index (χ3v) is 2.76. The lowest BCUT2D eigenvalue weighted by molar-refractivity contribution is -0.117. The second kappa shape index (κ2) is 5.62. The first-order valence-electron chi connectivity index (χ1n) is 6.16. The molecule has 0 saturated carbocycles. The molecule has 1 amide bonds. The van der Waals surface area contributed by atoms with Gasteiger partial charge in [-0.1, -0.05) is 19.1 Å². The smallest absolute Gasteiger partial charge is 0.241 e. The molecule has 6 nitrogen and oxygen atoms in total. The number of rotatable bonds is 4. The van der Waals surface area contributed by atoms with Crippen molar-refractivity contribution in [3.63, 3.8) is 0 Å². The molecule has 0 unspecified atom stereocenters. The number of hydrogen-bond acceptors (Lipinski definition) is 4. The van der Waals surface area contributed by atoms with E-state index in [4.69, 9.17) is 5.73 Å². The topological polar surface area (TPSA) is 96.7 Å². The summed E-state index contributed by atoms with van der Waals surface area (Å²) < 4.78 is 0. The van der Waals surface area contributed by atoms with Gasteiger partial charge in [0.1, 0.15) is 5.82 Å². The number of anilines is 1. The number of amides is 1. The summed E-state index contributed by atoms with van der Waals surface area (Å²) >= 11 is 0. The van der Waals surface area contributed by atoms with E-state index in [0.29, 0.717) is 17.9 Å². The van der Waals surface area contributed by atoms with Gasteiger partial charge in [0.05, 0.1) is 6.04 Å². The number of nitrogens with zero attached hydrogens (tertiary/aromatic N) is 2. The van der Waals surface area contributed by atoms with Gasteiger partial charge in [-0.05, 0) is 25.5 Å². The normalized spacial score (nSPS) is 12.2. The fourth-order valence-electron chi connectivity index (χ4n) is 1.63. The molecule has 0 radical (unpaired) electrons. The molecule has 2 aromatic rings. The van der Waals surface area contributed by atoms with Crippen LogP contribution in [-0.2, 0) is 4.79 Å². The number of hydrogen-bond donors (Lipinski definition) is 3. The molecule has 0 aliphatic rings. The van der Waals surface area contributed by atoms with Crippen LogP contribution in [0.15, 0.2) is 24.3 Å². The summed E-state index contributed by atoms with van der Waals surface area (Å²) in [6.07, 6.45) is 0.603. The molecule has 0 aliphatic carbocycles. The van der Waals surface area contributed by atoms with Gasteiger partial charge in [0.25, 0.3) is 0 Å². The van der Waals surface area contributed by atoms with Crippen molar-refractivity contribution in [3.8, 4) is 11.4 Å². The Bertz CT molecular complexity index is 578. The van der Waals surface area contributed by atoms with E-state index in [9.17, 15) is 4.79 Å². The Morgan fingerprint density at radius 1 is 1.53 bits per heavy atom. The number of aromatic amines is 1. The average molecular weight is 259 g/mol. The van der Waals surface area contributed by atoms with Gasteiger partial charge >= 0.3 is 0 Å². The third kappa shape index (κ3) is 3.17. The van der Waals surface area contributed by atoms with Gasteiger partial charge in [0, 0.05) is 11.3 Å². The molecule has 0 spiro atoms. The van der Waals surface area contributed by atoms with Crippen molar-refractivity contribution in [3.05, 3.63) is 30.1 Å². The first-order chi connectivity index (χ1) is 9.10. The molecule has 0 bridgehead atoms. The fraction of sp³-hybridized carbons (Fsp3) is 0.308. The molecular weight excluding hydrogens is 242 g/mol. The number of nitrogens with one attached hydrogen (secondary N) is 2. The van der Waals surface area contributed by atoms with Gasteiger partial charge in [-0.25, -0.2) is 4.98 Å². The molecule has 6 heteroatoms. The van der Waals surface area contributed by atoms with E-state index in [1.807, 2.05) is 38.1 Å². The van der Waals surface area contributed by atoms with Crippen LogP contribution in [0.3, 0.4) is 0 Å². The monoisotopic (exact) mass is 259 g/mol. The van der Waals surface area contributed by atoms with Crippen molar-refractivity contribution in [1.29, 1.82) is 0 Å². The molecule has 1 atom stereocenters. The highest BCUT2D eigenvalue weighted by Crippen LogP contribution is 2.19. The minimum atomic E-state index is -0.491. The molecule has 1 aromatic carbocycles. The Hall–Kier alpha value is -2.21. The molecule has 0 aliphatic heterocycles. The van der Waals surface area contributed by atoms with E-state index >= 15 is 0 Å². The number of benzene rings is 1. The molecule has 1 heterocycles. The lowest BCUT2D eigenvalue weighted by Crippen LogP contribution is -2.34. The second-order valence-electron chi connectivity index (χ2n) is 4.33. The highest BCUT2D eigenvalue weighted by Gasteiger charge is 2.11. The molecule has 100 valence electrons. The van der Waals surface area contributed by atoms with Crippen molar-refractivity contribution in [2.45, 2.75) is 26.3 Å². The van der Waals surface area contributed by atoms with Crippen LogP contribution in [0, 0.1) is 6.92 Å². The Balaban J connectivity index is 2.18. The quantitative estimate of drug-likeness (QED) is 0.774. The number of H-pyrrole nitrogens is 1. The second-order valence-corrected chi connectivity index (χ2v) is 4.33. The summed E-state index contributed by atoms with van der Waals surface area (Å²) in [7, 11) is 0. The summed E-state index contributed by atoms with van der Waals surface area (Å²) in [6.45, 7) is 3.71. The average Bonchev–Trinajstić information content (AvgIpc) is 2.84. The Labute approximate surface area is 111 Å². The van der Waals surface area contributed by atoms with Crippen LogP contribution in [-0.4, -0.2) is 27.1 Å². The third-order valence-electron chi connectivity index (χ3n) is 2.76. The number of carbonyl (C=O) groups is 1. The van der Waals surface area contributed by atoms with Gasteiger partial charge < -0.3 is 11.1 Å². The van der Waals surface area contributed by atoms with Gasteiger partial charge in [-0.2, -0.15) is 5.10 Å². The van der Waals surface area contributed by atoms with E-state index in [2.05, 4.69) is 20.5 Å². The molecule has 19 heavy (non-hydrogen) atoms. The van der Waals surface area contributed by atoms with Gasteiger partial charge in [-0.3, -0.25) is 9.89 Å². The van der Waals surface area contributed by atoms with Crippen LogP contribution >= 0.6 is 0 Å². The summed E-state index contributed by atoms with van der Waals surface area (Å²) in [6, 6.07) is 6.87. The lowest BCUT2D eigenvalue weighted by Gasteiger charge is -2.10. The van der Waals surface area contributed by atoms with E-state index in [-0.39, 0.29) is 5.91 Å².